The summed E-state index contributed by atoms with van der Waals surface area (Å²) in [4.78, 5) is 0. The number of likely N-dealkylation sites (N-methyl/N-ethyl adjacent to an activating group) is 2. The van der Waals surface area contributed by atoms with Crippen molar-refractivity contribution < 1.29 is 34.6 Å². The maximum absolute atomic E-state index is 11.6. The Balaban J connectivity index is 1.47. The van der Waals surface area contributed by atoms with Crippen LogP contribution in [0.4, 0.5) is 0 Å². The van der Waals surface area contributed by atoms with Gasteiger partial charge in [-0.3, -0.25) is 0 Å². The van der Waals surface area contributed by atoms with Crippen molar-refractivity contribution in [2.24, 2.45) is 0 Å². The molecule has 7 N–H and O–H groups in total. The number of aryl methyl sites for hydroxylation is 1. The third kappa shape index (κ3) is 4.64. The van der Waals surface area contributed by atoms with E-state index in [-0.39, 0.29) is 13.0 Å². The number of aliphatic hydroxyl groups is 4. The zero-order valence-corrected chi connectivity index (χ0v) is 20.1. The van der Waals surface area contributed by atoms with Crippen molar-refractivity contribution in [1.82, 2.24) is 16.0 Å². The van der Waals surface area contributed by atoms with Gasteiger partial charge in [-0.05, 0) is 46.0 Å². The van der Waals surface area contributed by atoms with Gasteiger partial charge in [0.2, 0.25) is 12.1 Å². The molecule has 0 aromatic heterocycles. The quantitative estimate of drug-likeness (QED) is 0.218. The first-order valence-corrected chi connectivity index (χ1v) is 12.1. The van der Waals surface area contributed by atoms with Crippen LogP contribution in [0.2, 0.25) is 0 Å². The highest BCUT2D eigenvalue weighted by Gasteiger charge is 2.68. The SMILES string of the molecule is CN[C@@H]1[C@H](O)[C@H](NC)[C@H]2O[C@]3(O)[C@H](OC2[C@H]1O)O[C@H](C)C[C@@]3(O)CNCCCc1ccccc1. The van der Waals surface area contributed by atoms with E-state index in [1.165, 1.54) is 5.56 Å². The zero-order chi connectivity index (χ0) is 24.5. The Morgan fingerprint density at radius 1 is 0.971 bits per heavy atom. The zero-order valence-electron chi connectivity index (χ0n) is 20.1. The Labute approximate surface area is 200 Å². The molecule has 1 aromatic rings. The molecule has 2 heterocycles. The maximum Gasteiger partial charge on any atom is 0.249 e. The fraction of sp³-hybridized carbons (Fsp3) is 0.750. The summed E-state index contributed by atoms with van der Waals surface area (Å²) in [6.45, 7) is 2.50. The van der Waals surface area contributed by atoms with Gasteiger partial charge in [0.05, 0.1) is 24.3 Å². The lowest BCUT2D eigenvalue weighted by molar-refractivity contribution is -0.482. The van der Waals surface area contributed by atoms with Crippen molar-refractivity contribution >= 4 is 0 Å². The van der Waals surface area contributed by atoms with Gasteiger partial charge in [0.25, 0.3) is 0 Å². The number of ether oxygens (including phenoxy) is 3. The van der Waals surface area contributed by atoms with Gasteiger partial charge in [-0.25, -0.2) is 0 Å². The van der Waals surface area contributed by atoms with E-state index in [1.54, 1.807) is 21.0 Å². The van der Waals surface area contributed by atoms with E-state index in [2.05, 4.69) is 28.1 Å². The number of fused-ring (bicyclic) bond motifs is 2. The molecule has 2 aliphatic heterocycles. The summed E-state index contributed by atoms with van der Waals surface area (Å²) in [5.74, 6) is -2.19. The lowest BCUT2D eigenvalue weighted by Crippen LogP contribution is -2.81. The molecule has 1 aromatic carbocycles. The van der Waals surface area contributed by atoms with Crippen LogP contribution in [0.5, 0.6) is 0 Å². The molecule has 4 rings (SSSR count). The molecule has 3 fully saturated rings. The van der Waals surface area contributed by atoms with Crippen LogP contribution in [0.1, 0.15) is 25.3 Å². The standard InChI is InChI=1S/C24H39N3O7/c1-14-12-23(30,13-27-11-7-10-15-8-5-4-6-9-15)24(31)22(32-14)33-21-19(29)16(25-2)18(28)17(26-3)20(21)34-24/h4-6,8-9,14,16-22,25-31H,7,10-13H2,1-3H3/t14-,16-,17+,18+,19+,20-,21?,22+,23-,24-/m1/s1. The first-order chi connectivity index (χ1) is 16.2. The molecule has 1 unspecified atom stereocenters. The van der Waals surface area contributed by atoms with E-state index in [0.717, 1.165) is 12.8 Å². The molecule has 0 bridgehead atoms. The van der Waals surface area contributed by atoms with Crippen LogP contribution in [0, 0.1) is 0 Å². The summed E-state index contributed by atoms with van der Waals surface area (Å²) < 4.78 is 18.0. The number of nitrogens with one attached hydrogen (secondary N) is 3. The van der Waals surface area contributed by atoms with E-state index >= 15 is 0 Å². The molecule has 2 saturated heterocycles. The lowest BCUT2D eigenvalue weighted by Gasteiger charge is -2.60. The van der Waals surface area contributed by atoms with Crippen molar-refractivity contribution in [2.45, 2.75) is 86.5 Å². The minimum Gasteiger partial charge on any atom is -0.390 e. The smallest absolute Gasteiger partial charge is 0.249 e. The Morgan fingerprint density at radius 2 is 1.68 bits per heavy atom. The summed E-state index contributed by atoms with van der Waals surface area (Å²) in [7, 11) is 3.31. The lowest BCUT2D eigenvalue weighted by atomic mass is 9.77. The van der Waals surface area contributed by atoms with Crippen LogP contribution in [0.15, 0.2) is 30.3 Å². The van der Waals surface area contributed by atoms with Gasteiger partial charge < -0.3 is 50.6 Å². The third-order valence-corrected chi connectivity index (χ3v) is 7.43. The van der Waals surface area contributed by atoms with Gasteiger partial charge >= 0.3 is 0 Å². The number of rotatable bonds is 8. The predicted molar refractivity (Wildman–Crippen MR) is 124 cm³/mol. The topological polar surface area (TPSA) is 145 Å². The molecule has 0 radical (unpaired) electrons. The van der Waals surface area contributed by atoms with E-state index < -0.39 is 60.3 Å². The van der Waals surface area contributed by atoms with Crippen LogP contribution in [-0.4, -0.2) is 108 Å². The van der Waals surface area contributed by atoms with Gasteiger partial charge in [0.15, 0.2) is 0 Å². The van der Waals surface area contributed by atoms with Gasteiger partial charge in [-0.15, -0.1) is 0 Å². The number of hydrogen-bond acceptors (Lipinski definition) is 10. The van der Waals surface area contributed by atoms with Crippen molar-refractivity contribution in [3.05, 3.63) is 35.9 Å². The average molecular weight is 482 g/mol. The number of benzene rings is 1. The molecule has 34 heavy (non-hydrogen) atoms. The van der Waals surface area contributed by atoms with Crippen molar-refractivity contribution in [3.63, 3.8) is 0 Å². The summed E-state index contributed by atoms with van der Waals surface area (Å²) in [6, 6.07) is 8.84. The first kappa shape index (κ1) is 25.9. The van der Waals surface area contributed by atoms with Gasteiger partial charge in [0.1, 0.15) is 23.9 Å². The molecule has 1 aliphatic carbocycles. The number of aliphatic hydroxyl groups excluding tert-OH is 2. The van der Waals surface area contributed by atoms with Gasteiger partial charge in [-0.2, -0.15) is 0 Å². The van der Waals surface area contributed by atoms with Crippen LogP contribution in [-0.2, 0) is 20.6 Å². The second-order valence-corrected chi connectivity index (χ2v) is 9.77. The highest BCUT2D eigenvalue weighted by atomic mass is 16.8. The van der Waals surface area contributed by atoms with Crippen LogP contribution >= 0.6 is 0 Å². The highest BCUT2D eigenvalue weighted by Crippen LogP contribution is 2.46. The molecule has 10 nitrogen and oxygen atoms in total. The molecule has 1 saturated carbocycles. The monoisotopic (exact) mass is 481 g/mol. The third-order valence-electron chi connectivity index (χ3n) is 7.43. The Bertz CT molecular complexity index is 804. The van der Waals surface area contributed by atoms with E-state index in [9.17, 15) is 20.4 Å². The van der Waals surface area contributed by atoms with Crippen LogP contribution in [0.25, 0.3) is 0 Å². The highest BCUT2D eigenvalue weighted by molar-refractivity contribution is 5.15. The minimum atomic E-state index is -2.19. The van der Waals surface area contributed by atoms with Crippen LogP contribution in [0.3, 0.4) is 0 Å². The molecule has 0 amide bonds. The molecule has 10 heteroatoms. The summed E-state index contributed by atoms with van der Waals surface area (Å²) in [6.07, 6.45) is -3.73. The predicted octanol–water partition coefficient (Wildman–Crippen LogP) is -1.54. The summed E-state index contributed by atoms with van der Waals surface area (Å²) in [5, 5.41) is 54.1. The van der Waals surface area contributed by atoms with Gasteiger partial charge in [-0.1, -0.05) is 30.3 Å². The van der Waals surface area contributed by atoms with Crippen molar-refractivity contribution in [3.8, 4) is 0 Å². The first-order valence-electron chi connectivity index (χ1n) is 12.1. The second kappa shape index (κ2) is 10.4. The largest absolute Gasteiger partial charge is 0.390 e. The second-order valence-electron chi connectivity index (χ2n) is 9.77. The van der Waals surface area contributed by atoms with Crippen LogP contribution < -0.4 is 16.0 Å². The molecular weight excluding hydrogens is 442 g/mol. The molecular formula is C24H39N3O7. The van der Waals surface area contributed by atoms with E-state index in [4.69, 9.17) is 14.2 Å². The Kier molecular flexibility index (Phi) is 7.95. The molecule has 10 atom stereocenters. The average Bonchev–Trinajstić information content (AvgIpc) is 2.80. The van der Waals surface area contributed by atoms with Gasteiger partial charge in [0, 0.05) is 13.0 Å². The summed E-state index contributed by atoms with van der Waals surface area (Å²) in [5.41, 5.74) is -0.468. The molecule has 0 spiro atoms. The Hall–Kier alpha value is -1.18. The van der Waals surface area contributed by atoms with E-state index in [1.807, 2.05) is 18.2 Å². The minimum absolute atomic E-state index is 0.0672. The summed E-state index contributed by atoms with van der Waals surface area (Å²) >= 11 is 0. The number of hydrogen-bond donors (Lipinski definition) is 7. The fourth-order valence-electron chi connectivity index (χ4n) is 5.59. The molecule has 3 aliphatic rings. The normalized spacial score (nSPS) is 44.3. The van der Waals surface area contributed by atoms with Crippen molar-refractivity contribution in [2.75, 3.05) is 27.2 Å². The maximum atomic E-state index is 11.6. The fourth-order valence-corrected chi connectivity index (χ4v) is 5.59. The van der Waals surface area contributed by atoms with Crippen molar-refractivity contribution in [1.29, 1.82) is 0 Å². The molecule has 192 valence electrons. The van der Waals surface area contributed by atoms with E-state index in [0.29, 0.717) is 6.54 Å². The Morgan fingerprint density at radius 3 is 2.35 bits per heavy atom.